The number of rotatable bonds is 1. The topological polar surface area (TPSA) is 42.2 Å². The summed E-state index contributed by atoms with van der Waals surface area (Å²) in [6, 6.07) is 0. The lowest BCUT2D eigenvalue weighted by atomic mass is 9.97. The lowest BCUT2D eigenvalue weighted by Crippen LogP contribution is -2.14. The second kappa shape index (κ2) is 3.59. The molecule has 0 N–H and O–H groups in total. The van der Waals surface area contributed by atoms with E-state index >= 15 is 0 Å². The smallest absolute Gasteiger partial charge is 0.232 e. The van der Waals surface area contributed by atoms with Crippen molar-refractivity contribution in [2.75, 3.05) is 20.1 Å². The van der Waals surface area contributed by atoms with Gasteiger partial charge < -0.3 is 9.42 Å². The standard InChI is InChI=1S/C11H19N3O/c1-11(2,3)10-12-9(13-15-10)8-5-6-14(4)7-8/h8H,5-7H2,1-4H3. The minimum Gasteiger partial charge on any atom is -0.339 e. The van der Waals surface area contributed by atoms with Gasteiger partial charge in [-0.15, -0.1) is 0 Å². The van der Waals surface area contributed by atoms with E-state index in [1.54, 1.807) is 0 Å². The zero-order valence-corrected chi connectivity index (χ0v) is 9.95. The van der Waals surface area contributed by atoms with Crippen LogP contribution < -0.4 is 0 Å². The van der Waals surface area contributed by atoms with E-state index in [0.717, 1.165) is 31.2 Å². The van der Waals surface area contributed by atoms with Gasteiger partial charge in [0.25, 0.3) is 0 Å². The number of hydrogen-bond acceptors (Lipinski definition) is 4. The average Bonchev–Trinajstić information content (AvgIpc) is 2.69. The van der Waals surface area contributed by atoms with Crippen molar-refractivity contribution in [1.82, 2.24) is 15.0 Å². The molecule has 1 aliphatic heterocycles. The highest BCUT2D eigenvalue weighted by molar-refractivity contribution is 5.04. The summed E-state index contributed by atoms with van der Waals surface area (Å²) < 4.78 is 5.30. The Balaban J connectivity index is 2.14. The van der Waals surface area contributed by atoms with E-state index in [9.17, 15) is 0 Å². The van der Waals surface area contributed by atoms with Crippen LogP contribution in [0.25, 0.3) is 0 Å². The van der Waals surface area contributed by atoms with Gasteiger partial charge in [0.1, 0.15) is 0 Å². The predicted octanol–water partition coefficient (Wildman–Crippen LogP) is 1.79. The fourth-order valence-electron chi connectivity index (χ4n) is 1.85. The summed E-state index contributed by atoms with van der Waals surface area (Å²) in [6.45, 7) is 8.44. The van der Waals surface area contributed by atoms with E-state index in [-0.39, 0.29) is 5.41 Å². The van der Waals surface area contributed by atoms with Gasteiger partial charge in [0.15, 0.2) is 5.82 Å². The van der Waals surface area contributed by atoms with Crippen LogP contribution in [0.5, 0.6) is 0 Å². The van der Waals surface area contributed by atoms with E-state index < -0.39 is 0 Å². The molecule has 15 heavy (non-hydrogen) atoms. The van der Waals surface area contributed by atoms with Crippen molar-refractivity contribution in [2.24, 2.45) is 0 Å². The zero-order valence-electron chi connectivity index (χ0n) is 9.95. The molecule has 1 aromatic rings. The van der Waals surface area contributed by atoms with Crippen LogP contribution in [0.4, 0.5) is 0 Å². The summed E-state index contributed by atoms with van der Waals surface area (Å²) >= 11 is 0. The van der Waals surface area contributed by atoms with Crippen molar-refractivity contribution < 1.29 is 4.52 Å². The Labute approximate surface area is 90.7 Å². The summed E-state index contributed by atoms with van der Waals surface area (Å²) in [7, 11) is 2.13. The summed E-state index contributed by atoms with van der Waals surface area (Å²) in [5, 5.41) is 4.09. The van der Waals surface area contributed by atoms with Gasteiger partial charge in [-0.25, -0.2) is 0 Å². The number of aromatic nitrogens is 2. The van der Waals surface area contributed by atoms with Gasteiger partial charge in [0, 0.05) is 17.9 Å². The highest BCUT2D eigenvalue weighted by Crippen LogP contribution is 2.26. The van der Waals surface area contributed by atoms with Crippen molar-refractivity contribution in [1.29, 1.82) is 0 Å². The van der Waals surface area contributed by atoms with Crippen LogP contribution in [0.15, 0.2) is 4.52 Å². The fraction of sp³-hybridized carbons (Fsp3) is 0.818. The van der Waals surface area contributed by atoms with Crippen molar-refractivity contribution >= 4 is 0 Å². The molecule has 1 aliphatic rings. The Morgan fingerprint density at radius 2 is 2.13 bits per heavy atom. The van der Waals surface area contributed by atoms with Gasteiger partial charge in [0.2, 0.25) is 5.89 Å². The molecule has 0 aromatic carbocycles. The van der Waals surface area contributed by atoms with Gasteiger partial charge in [-0.05, 0) is 20.0 Å². The maximum atomic E-state index is 5.30. The quantitative estimate of drug-likeness (QED) is 0.707. The molecule has 1 atom stereocenters. The lowest BCUT2D eigenvalue weighted by Gasteiger charge is -2.10. The molecule has 4 nitrogen and oxygen atoms in total. The van der Waals surface area contributed by atoms with Crippen LogP contribution in [0, 0.1) is 0 Å². The molecule has 0 spiro atoms. The Hall–Kier alpha value is -0.900. The molecular weight excluding hydrogens is 190 g/mol. The number of likely N-dealkylation sites (N-methyl/N-ethyl adjacent to an activating group) is 1. The first-order valence-electron chi connectivity index (χ1n) is 5.49. The monoisotopic (exact) mass is 209 g/mol. The second-order valence-corrected chi connectivity index (χ2v) is 5.46. The van der Waals surface area contributed by atoms with Crippen molar-refractivity contribution in [2.45, 2.75) is 38.5 Å². The maximum Gasteiger partial charge on any atom is 0.232 e. The fourth-order valence-corrected chi connectivity index (χ4v) is 1.85. The Morgan fingerprint density at radius 3 is 2.60 bits per heavy atom. The van der Waals surface area contributed by atoms with Crippen molar-refractivity contribution in [3.8, 4) is 0 Å². The first-order valence-corrected chi connectivity index (χ1v) is 5.49. The van der Waals surface area contributed by atoms with E-state index in [0.29, 0.717) is 5.92 Å². The van der Waals surface area contributed by atoms with Gasteiger partial charge in [-0.2, -0.15) is 4.98 Å². The molecule has 84 valence electrons. The zero-order chi connectivity index (χ0) is 11.1. The molecule has 0 saturated carbocycles. The average molecular weight is 209 g/mol. The molecule has 0 bridgehead atoms. The number of nitrogens with zero attached hydrogens (tertiary/aromatic N) is 3. The summed E-state index contributed by atoms with van der Waals surface area (Å²) in [5.74, 6) is 2.08. The minimum atomic E-state index is -0.0459. The third kappa shape index (κ3) is 2.20. The molecule has 2 heterocycles. The third-order valence-electron chi connectivity index (χ3n) is 2.84. The second-order valence-electron chi connectivity index (χ2n) is 5.46. The molecule has 1 aromatic heterocycles. The van der Waals surface area contributed by atoms with E-state index in [2.05, 4.69) is 42.9 Å². The van der Waals surface area contributed by atoms with Crippen LogP contribution >= 0.6 is 0 Å². The van der Waals surface area contributed by atoms with E-state index in [1.165, 1.54) is 0 Å². The van der Waals surface area contributed by atoms with Gasteiger partial charge in [-0.1, -0.05) is 25.9 Å². The van der Waals surface area contributed by atoms with Crippen LogP contribution in [0.1, 0.15) is 44.8 Å². The molecule has 1 saturated heterocycles. The van der Waals surface area contributed by atoms with Gasteiger partial charge in [-0.3, -0.25) is 0 Å². The van der Waals surface area contributed by atoms with Crippen LogP contribution in [0.2, 0.25) is 0 Å². The molecule has 1 unspecified atom stereocenters. The SMILES string of the molecule is CN1CCC(c2noc(C(C)(C)C)n2)C1. The molecular formula is C11H19N3O. The van der Waals surface area contributed by atoms with Crippen LogP contribution in [-0.4, -0.2) is 35.2 Å². The molecule has 0 radical (unpaired) electrons. The molecule has 0 amide bonds. The third-order valence-corrected chi connectivity index (χ3v) is 2.84. The molecule has 1 fully saturated rings. The first-order chi connectivity index (χ1) is 6.97. The Kier molecular flexibility index (Phi) is 2.54. The van der Waals surface area contributed by atoms with Crippen LogP contribution in [-0.2, 0) is 5.41 Å². The molecule has 2 rings (SSSR count). The summed E-state index contributed by atoms with van der Waals surface area (Å²) in [5.41, 5.74) is -0.0459. The Bertz CT molecular complexity index is 340. The van der Waals surface area contributed by atoms with Gasteiger partial charge >= 0.3 is 0 Å². The first kappa shape index (κ1) is 10.6. The predicted molar refractivity (Wildman–Crippen MR) is 57.9 cm³/mol. The maximum absolute atomic E-state index is 5.30. The summed E-state index contributed by atoms with van der Waals surface area (Å²) in [6.07, 6.45) is 1.14. The Morgan fingerprint density at radius 1 is 1.40 bits per heavy atom. The van der Waals surface area contributed by atoms with Crippen molar-refractivity contribution in [3.63, 3.8) is 0 Å². The van der Waals surface area contributed by atoms with Gasteiger partial charge in [0.05, 0.1) is 0 Å². The molecule has 0 aliphatic carbocycles. The highest BCUT2D eigenvalue weighted by atomic mass is 16.5. The van der Waals surface area contributed by atoms with Crippen LogP contribution in [0.3, 0.4) is 0 Å². The number of hydrogen-bond donors (Lipinski definition) is 0. The normalized spacial score (nSPS) is 23.6. The molecule has 4 heteroatoms. The minimum absolute atomic E-state index is 0.0459. The van der Waals surface area contributed by atoms with E-state index in [4.69, 9.17) is 4.52 Å². The van der Waals surface area contributed by atoms with Crippen molar-refractivity contribution in [3.05, 3.63) is 11.7 Å². The lowest BCUT2D eigenvalue weighted by molar-refractivity contribution is 0.316. The van der Waals surface area contributed by atoms with E-state index in [1.807, 2.05) is 0 Å². The number of likely N-dealkylation sites (tertiary alicyclic amines) is 1. The largest absolute Gasteiger partial charge is 0.339 e. The highest BCUT2D eigenvalue weighted by Gasteiger charge is 2.28. The summed E-state index contributed by atoms with van der Waals surface area (Å²) in [4.78, 5) is 6.80.